The minimum atomic E-state index is -0.883. The standard InChI is InChI=1S/C15H15NO4S/c1-10(14(18)16-9-13-3-2-8-21-13)20-15(19)11-4-6-12(17)7-5-11/h2-8,10,17H,9H2,1H3,(H,16,18). The minimum Gasteiger partial charge on any atom is -0.508 e. The third-order valence-electron chi connectivity index (χ3n) is 2.77. The van der Waals surface area contributed by atoms with E-state index >= 15 is 0 Å². The fourth-order valence-corrected chi connectivity index (χ4v) is 2.26. The van der Waals surface area contributed by atoms with Gasteiger partial charge in [0.2, 0.25) is 0 Å². The lowest BCUT2D eigenvalue weighted by molar-refractivity contribution is -0.129. The molecule has 1 unspecified atom stereocenters. The van der Waals surface area contributed by atoms with E-state index in [1.807, 2.05) is 17.5 Å². The number of rotatable bonds is 5. The van der Waals surface area contributed by atoms with Crippen LogP contribution in [0.5, 0.6) is 5.75 Å². The van der Waals surface area contributed by atoms with Crippen molar-refractivity contribution in [3.05, 3.63) is 52.2 Å². The Kier molecular flexibility index (Phi) is 4.94. The number of carbonyl (C=O) groups is 2. The Labute approximate surface area is 126 Å². The van der Waals surface area contributed by atoms with Crippen LogP contribution in [0.15, 0.2) is 41.8 Å². The molecule has 0 saturated carbocycles. The van der Waals surface area contributed by atoms with Gasteiger partial charge in [0.1, 0.15) is 5.75 Å². The summed E-state index contributed by atoms with van der Waals surface area (Å²) >= 11 is 1.54. The van der Waals surface area contributed by atoms with E-state index in [1.54, 1.807) is 11.3 Å². The van der Waals surface area contributed by atoms with Crippen LogP contribution in [0.2, 0.25) is 0 Å². The summed E-state index contributed by atoms with van der Waals surface area (Å²) in [6.45, 7) is 1.93. The molecule has 0 bridgehead atoms. The van der Waals surface area contributed by atoms with E-state index in [-0.39, 0.29) is 17.2 Å². The van der Waals surface area contributed by atoms with Crippen molar-refractivity contribution in [3.8, 4) is 5.75 Å². The van der Waals surface area contributed by atoms with Crippen molar-refractivity contribution in [1.82, 2.24) is 5.32 Å². The van der Waals surface area contributed by atoms with Crippen molar-refractivity contribution in [3.63, 3.8) is 0 Å². The average Bonchev–Trinajstić information content (AvgIpc) is 2.98. The average molecular weight is 305 g/mol. The van der Waals surface area contributed by atoms with Crippen molar-refractivity contribution < 1.29 is 19.4 Å². The maximum absolute atomic E-state index is 11.8. The number of amides is 1. The number of phenolic OH excluding ortho intramolecular Hbond substituents is 1. The number of carbonyl (C=O) groups excluding carboxylic acids is 2. The van der Waals surface area contributed by atoms with E-state index in [4.69, 9.17) is 9.84 Å². The lowest BCUT2D eigenvalue weighted by atomic mass is 10.2. The van der Waals surface area contributed by atoms with E-state index in [0.29, 0.717) is 6.54 Å². The first-order valence-electron chi connectivity index (χ1n) is 6.36. The van der Waals surface area contributed by atoms with E-state index in [1.165, 1.54) is 31.2 Å². The Morgan fingerprint density at radius 3 is 2.62 bits per heavy atom. The van der Waals surface area contributed by atoms with Crippen molar-refractivity contribution in [1.29, 1.82) is 0 Å². The van der Waals surface area contributed by atoms with Gasteiger partial charge >= 0.3 is 5.97 Å². The van der Waals surface area contributed by atoms with Gasteiger partial charge < -0.3 is 15.2 Å². The van der Waals surface area contributed by atoms with Crippen molar-refractivity contribution >= 4 is 23.2 Å². The van der Waals surface area contributed by atoms with Gasteiger partial charge in [-0.15, -0.1) is 11.3 Å². The number of benzene rings is 1. The smallest absolute Gasteiger partial charge is 0.338 e. The number of esters is 1. The molecular formula is C15H15NO4S. The quantitative estimate of drug-likeness (QED) is 0.831. The minimum absolute atomic E-state index is 0.0632. The second-order valence-electron chi connectivity index (χ2n) is 4.39. The molecule has 1 heterocycles. The summed E-state index contributed by atoms with van der Waals surface area (Å²) in [6, 6.07) is 9.47. The maximum atomic E-state index is 11.8. The molecule has 0 fully saturated rings. The van der Waals surface area contributed by atoms with Crippen LogP contribution in [0.1, 0.15) is 22.2 Å². The normalized spacial score (nSPS) is 11.7. The Balaban J connectivity index is 1.85. The Bertz CT molecular complexity index is 607. The van der Waals surface area contributed by atoms with E-state index in [0.717, 1.165) is 4.88 Å². The van der Waals surface area contributed by atoms with Crippen LogP contribution in [-0.4, -0.2) is 23.1 Å². The summed E-state index contributed by atoms with van der Waals surface area (Å²) in [5.41, 5.74) is 0.283. The largest absolute Gasteiger partial charge is 0.508 e. The summed E-state index contributed by atoms with van der Waals surface area (Å²) in [7, 11) is 0. The lowest BCUT2D eigenvalue weighted by Crippen LogP contribution is -2.35. The second kappa shape index (κ2) is 6.90. The number of hydrogen-bond donors (Lipinski definition) is 2. The highest BCUT2D eigenvalue weighted by Gasteiger charge is 2.18. The summed E-state index contributed by atoms with van der Waals surface area (Å²) in [5.74, 6) is -0.891. The fourth-order valence-electron chi connectivity index (χ4n) is 1.61. The third-order valence-corrected chi connectivity index (χ3v) is 3.65. The number of ether oxygens (including phenoxy) is 1. The molecule has 2 rings (SSSR count). The SMILES string of the molecule is CC(OC(=O)c1ccc(O)cc1)C(=O)NCc1cccs1. The predicted octanol–water partition coefficient (Wildman–Crippen LogP) is 2.32. The first-order chi connectivity index (χ1) is 10.1. The van der Waals surface area contributed by atoms with Crippen molar-refractivity contribution in [2.24, 2.45) is 0 Å². The summed E-state index contributed by atoms with van der Waals surface area (Å²) in [6.07, 6.45) is -0.883. The van der Waals surface area contributed by atoms with Crippen LogP contribution in [0, 0.1) is 0 Å². The topological polar surface area (TPSA) is 75.6 Å². The Morgan fingerprint density at radius 2 is 2.00 bits per heavy atom. The molecule has 5 nitrogen and oxygen atoms in total. The molecule has 0 spiro atoms. The lowest BCUT2D eigenvalue weighted by Gasteiger charge is -2.13. The number of phenols is 1. The van der Waals surface area contributed by atoms with Gasteiger partial charge in [-0.1, -0.05) is 6.07 Å². The van der Waals surface area contributed by atoms with Crippen LogP contribution in [0.3, 0.4) is 0 Å². The third kappa shape index (κ3) is 4.32. The molecule has 6 heteroatoms. The van der Waals surface area contributed by atoms with Gasteiger partial charge in [-0.05, 0) is 42.6 Å². The molecule has 2 aromatic rings. The molecule has 1 atom stereocenters. The molecule has 0 saturated heterocycles. The number of thiophene rings is 1. The first kappa shape index (κ1) is 15.1. The van der Waals surface area contributed by atoms with Crippen LogP contribution >= 0.6 is 11.3 Å². The van der Waals surface area contributed by atoms with E-state index in [2.05, 4.69) is 5.32 Å². The van der Waals surface area contributed by atoms with Crippen LogP contribution in [0.25, 0.3) is 0 Å². The predicted molar refractivity (Wildman–Crippen MR) is 79.2 cm³/mol. The zero-order chi connectivity index (χ0) is 15.2. The molecule has 1 aromatic heterocycles. The molecule has 21 heavy (non-hydrogen) atoms. The molecule has 2 N–H and O–H groups in total. The van der Waals surface area contributed by atoms with E-state index < -0.39 is 12.1 Å². The molecule has 0 radical (unpaired) electrons. The van der Waals surface area contributed by atoms with Crippen LogP contribution < -0.4 is 5.32 Å². The zero-order valence-electron chi connectivity index (χ0n) is 11.4. The maximum Gasteiger partial charge on any atom is 0.338 e. The van der Waals surface area contributed by atoms with Gasteiger partial charge in [-0.25, -0.2) is 4.79 Å². The van der Waals surface area contributed by atoms with Crippen LogP contribution in [-0.2, 0) is 16.1 Å². The number of hydrogen-bond acceptors (Lipinski definition) is 5. The molecule has 110 valence electrons. The van der Waals surface area contributed by atoms with E-state index in [9.17, 15) is 9.59 Å². The monoisotopic (exact) mass is 305 g/mol. The first-order valence-corrected chi connectivity index (χ1v) is 7.24. The molecule has 1 aromatic carbocycles. The Morgan fingerprint density at radius 1 is 1.29 bits per heavy atom. The highest BCUT2D eigenvalue weighted by Crippen LogP contribution is 2.12. The van der Waals surface area contributed by atoms with Crippen molar-refractivity contribution in [2.45, 2.75) is 19.6 Å². The summed E-state index contributed by atoms with van der Waals surface area (Å²) in [5, 5.41) is 13.8. The van der Waals surface area contributed by atoms with Gasteiger partial charge in [0, 0.05) is 4.88 Å². The Hall–Kier alpha value is -2.34. The molecule has 0 aliphatic heterocycles. The molecular weight excluding hydrogens is 290 g/mol. The van der Waals surface area contributed by atoms with Gasteiger partial charge in [0.25, 0.3) is 5.91 Å². The zero-order valence-corrected chi connectivity index (χ0v) is 12.2. The van der Waals surface area contributed by atoms with Crippen molar-refractivity contribution in [2.75, 3.05) is 0 Å². The molecule has 0 aliphatic rings. The highest BCUT2D eigenvalue weighted by atomic mass is 32.1. The fraction of sp³-hybridized carbons (Fsp3) is 0.200. The highest BCUT2D eigenvalue weighted by molar-refractivity contribution is 7.09. The summed E-state index contributed by atoms with van der Waals surface area (Å²) < 4.78 is 5.08. The van der Waals surface area contributed by atoms with Gasteiger partial charge in [0.05, 0.1) is 12.1 Å². The molecule has 1 amide bonds. The number of aromatic hydroxyl groups is 1. The van der Waals surface area contributed by atoms with Gasteiger partial charge in [-0.3, -0.25) is 4.79 Å². The molecule has 0 aliphatic carbocycles. The second-order valence-corrected chi connectivity index (χ2v) is 5.42. The summed E-state index contributed by atoms with van der Waals surface area (Å²) in [4.78, 5) is 24.7. The number of nitrogens with one attached hydrogen (secondary N) is 1. The van der Waals surface area contributed by atoms with Gasteiger partial charge in [-0.2, -0.15) is 0 Å². The van der Waals surface area contributed by atoms with Crippen LogP contribution in [0.4, 0.5) is 0 Å². The van der Waals surface area contributed by atoms with Gasteiger partial charge in [0.15, 0.2) is 6.10 Å².